The molecule has 10 heteroatoms. The Kier molecular flexibility index (Phi) is 7.89. The third kappa shape index (κ3) is 6.62. The number of amides is 1. The molecule has 0 bridgehead atoms. The first kappa shape index (κ1) is 23.0. The number of hydrogen-bond donors (Lipinski definition) is 2. The van der Waals surface area contributed by atoms with Gasteiger partial charge in [0.05, 0.1) is 28.5 Å². The Hall–Kier alpha value is -2.29. The van der Waals surface area contributed by atoms with Crippen molar-refractivity contribution in [2.75, 3.05) is 17.1 Å². The first-order valence-corrected chi connectivity index (χ1v) is 11.2. The predicted molar refractivity (Wildman–Crippen MR) is 113 cm³/mol. The van der Waals surface area contributed by atoms with Gasteiger partial charge in [-0.25, -0.2) is 8.42 Å². The molecule has 0 unspecified atom stereocenters. The zero-order valence-electron chi connectivity index (χ0n) is 15.6. The Bertz CT molecular complexity index is 994. The molecule has 29 heavy (non-hydrogen) atoms. The summed E-state index contributed by atoms with van der Waals surface area (Å²) in [5.41, 5.74) is 1.24. The number of nitrogens with zero attached hydrogens (tertiary/aromatic N) is 1. The van der Waals surface area contributed by atoms with Gasteiger partial charge in [-0.3, -0.25) is 13.9 Å². The summed E-state index contributed by atoms with van der Waals surface area (Å²) in [6.45, 7) is 0.217. The first-order chi connectivity index (χ1) is 13.6. The largest absolute Gasteiger partial charge is 0.481 e. The van der Waals surface area contributed by atoms with Gasteiger partial charge in [0.2, 0.25) is 10.0 Å². The van der Waals surface area contributed by atoms with Crippen molar-refractivity contribution in [3.8, 4) is 0 Å². The van der Waals surface area contributed by atoms with Crippen molar-refractivity contribution >= 4 is 50.8 Å². The summed E-state index contributed by atoms with van der Waals surface area (Å²) in [7, 11) is -3.63. The molecule has 0 heterocycles. The lowest BCUT2D eigenvalue weighted by molar-refractivity contribution is -0.137. The van der Waals surface area contributed by atoms with Crippen LogP contribution in [0.3, 0.4) is 0 Å². The van der Waals surface area contributed by atoms with Crippen LogP contribution >= 0.6 is 23.2 Å². The van der Waals surface area contributed by atoms with Gasteiger partial charge < -0.3 is 10.4 Å². The van der Waals surface area contributed by atoms with Crippen molar-refractivity contribution in [2.24, 2.45) is 0 Å². The quantitative estimate of drug-likeness (QED) is 0.559. The van der Waals surface area contributed by atoms with Crippen molar-refractivity contribution in [2.45, 2.75) is 19.4 Å². The van der Waals surface area contributed by atoms with E-state index in [9.17, 15) is 18.0 Å². The fraction of sp³-hybridized carbons (Fsp3) is 0.263. The fourth-order valence-corrected chi connectivity index (χ4v) is 3.81. The minimum atomic E-state index is -3.63. The third-order valence-corrected chi connectivity index (χ3v) is 6.01. The molecule has 0 radical (unpaired) electrons. The van der Waals surface area contributed by atoms with E-state index in [0.717, 1.165) is 6.26 Å². The van der Waals surface area contributed by atoms with Crippen LogP contribution in [-0.4, -0.2) is 38.2 Å². The molecule has 0 saturated heterocycles. The summed E-state index contributed by atoms with van der Waals surface area (Å²) in [6.07, 6.45) is 1.37. The maximum atomic E-state index is 12.3. The van der Waals surface area contributed by atoms with Crippen LogP contribution in [0.25, 0.3) is 0 Å². The van der Waals surface area contributed by atoms with Crippen molar-refractivity contribution in [3.05, 3.63) is 63.6 Å². The summed E-state index contributed by atoms with van der Waals surface area (Å²) >= 11 is 12.2. The third-order valence-electron chi connectivity index (χ3n) is 4.02. The Morgan fingerprint density at radius 3 is 2.34 bits per heavy atom. The topological polar surface area (TPSA) is 104 Å². The molecule has 2 aromatic carbocycles. The van der Waals surface area contributed by atoms with Crippen LogP contribution in [0.2, 0.25) is 10.0 Å². The van der Waals surface area contributed by atoms with E-state index in [1.54, 1.807) is 18.2 Å². The second kappa shape index (κ2) is 9.96. The molecule has 0 aliphatic heterocycles. The molecule has 0 saturated carbocycles. The summed E-state index contributed by atoms with van der Waals surface area (Å²) in [6, 6.07) is 11.0. The van der Waals surface area contributed by atoms with E-state index < -0.39 is 16.0 Å². The van der Waals surface area contributed by atoms with Crippen molar-refractivity contribution < 1.29 is 23.1 Å². The molecule has 0 spiro atoms. The number of anilines is 1. The normalized spacial score (nSPS) is 11.1. The molecule has 1 amide bonds. The van der Waals surface area contributed by atoms with Crippen LogP contribution in [0.4, 0.5) is 5.69 Å². The number of hydrogen-bond acceptors (Lipinski definition) is 4. The van der Waals surface area contributed by atoms with Crippen molar-refractivity contribution in [1.82, 2.24) is 5.32 Å². The zero-order valence-corrected chi connectivity index (χ0v) is 17.9. The van der Waals surface area contributed by atoms with E-state index in [1.165, 1.54) is 28.6 Å². The monoisotopic (exact) mass is 458 g/mol. The number of carboxylic acid groups (broad SMARTS) is 1. The number of carbonyl (C=O) groups is 2. The van der Waals surface area contributed by atoms with Crippen LogP contribution < -0.4 is 9.62 Å². The van der Waals surface area contributed by atoms with Crippen LogP contribution in [0.5, 0.6) is 0 Å². The molecular weight excluding hydrogens is 439 g/mol. The Morgan fingerprint density at radius 1 is 1.10 bits per heavy atom. The van der Waals surface area contributed by atoms with Gasteiger partial charge in [0.1, 0.15) is 0 Å². The molecule has 2 N–H and O–H groups in total. The lowest BCUT2D eigenvalue weighted by Gasteiger charge is -2.23. The summed E-state index contributed by atoms with van der Waals surface area (Å²) < 4.78 is 25.8. The van der Waals surface area contributed by atoms with Crippen molar-refractivity contribution in [3.63, 3.8) is 0 Å². The highest BCUT2D eigenvalue weighted by Gasteiger charge is 2.20. The van der Waals surface area contributed by atoms with E-state index >= 15 is 0 Å². The Labute approximate surface area is 179 Å². The molecular formula is C19H20Cl2N2O5S. The molecule has 0 aliphatic carbocycles. The van der Waals surface area contributed by atoms with E-state index in [4.69, 9.17) is 28.3 Å². The van der Waals surface area contributed by atoms with E-state index in [2.05, 4.69) is 5.32 Å². The van der Waals surface area contributed by atoms with Crippen LogP contribution in [0.1, 0.15) is 28.8 Å². The van der Waals surface area contributed by atoms with Crippen LogP contribution in [0, 0.1) is 0 Å². The van der Waals surface area contributed by atoms with E-state index in [0.29, 0.717) is 28.3 Å². The molecule has 0 fully saturated rings. The SMILES string of the molecule is CS(=O)(=O)N(Cc1cccc(Cl)c1Cl)c1ccc(C(=O)NCCCC(=O)O)cc1. The summed E-state index contributed by atoms with van der Waals surface area (Å²) in [5.74, 6) is -1.30. The molecule has 0 atom stereocenters. The number of rotatable bonds is 9. The minimum Gasteiger partial charge on any atom is -0.481 e. The van der Waals surface area contributed by atoms with E-state index in [-0.39, 0.29) is 30.4 Å². The standard InChI is InChI=1S/C19H20Cl2N2O5S/c1-29(27,28)23(12-14-4-2-5-16(20)18(14)21)15-9-7-13(8-10-15)19(26)22-11-3-6-17(24)25/h2,4-5,7-10H,3,6,11-12H2,1H3,(H,22,26)(H,24,25). The van der Waals surface area contributed by atoms with Crippen LogP contribution in [-0.2, 0) is 21.4 Å². The van der Waals surface area contributed by atoms with Crippen LogP contribution in [0.15, 0.2) is 42.5 Å². The van der Waals surface area contributed by atoms with Gasteiger partial charge in [-0.2, -0.15) is 0 Å². The summed E-state index contributed by atoms with van der Waals surface area (Å²) in [5, 5.41) is 11.8. The van der Waals surface area contributed by atoms with Gasteiger partial charge in [-0.05, 0) is 42.3 Å². The number of halogens is 2. The van der Waals surface area contributed by atoms with Gasteiger partial charge in [-0.15, -0.1) is 0 Å². The molecule has 2 rings (SSSR count). The number of carbonyl (C=O) groups excluding carboxylic acids is 1. The summed E-state index contributed by atoms with van der Waals surface area (Å²) in [4.78, 5) is 22.6. The number of carboxylic acids is 1. The van der Waals surface area contributed by atoms with Gasteiger partial charge in [0, 0.05) is 18.5 Å². The maximum absolute atomic E-state index is 12.3. The molecule has 156 valence electrons. The van der Waals surface area contributed by atoms with Gasteiger partial charge in [0.25, 0.3) is 5.91 Å². The smallest absolute Gasteiger partial charge is 0.303 e. The van der Waals surface area contributed by atoms with Gasteiger partial charge in [0.15, 0.2) is 0 Å². The first-order valence-electron chi connectivity index (χ1n) is 8.60. The van der Waals surface area contributed by atoms with Gasteiger partial charge in [-0.1, -0.05) is 35.3 Å². The highest BCUT2D eigenvalue weighted by atomic mass is 35.5. The molecule has 7 nitrogen and oxygen atoms in total. The van der Waals surface area contributed by atoms with Gasteiger partial charge >= 0.3 is 5.97 Å². The number of benzene rings is 2. The second-order valence-electron chi connectivity index (χ2n) is 6.28. The number of nitrogens with one attached hydrogen (secondary N) is 1. The molecule has 2 aromatic rings. The molecule has 0 aliphatic rings. The average Bonchev–Trinajstić information content (AvgIpc) is 2.65. The van der Waals surface area contributed by atoms with Crippen molar-refractivity contribution in [1.29, 1.82) is 0 Å². The average molecular weight is 459 g/mol. The lowest BCUT2D eigenvalue weighted by Crippen LogP contribution is -2.29. The fourth-order valence-electron chi connectivity index (χ4n) is 2.55. The highest BCUT2D eigenvalue weighted by molar-refractivity contribution is 7.92. The Morgan fingerprint density at radius 2 is 1.76 bits per heavy atom. The number of sulfonamides is 1. The maximum Gasteiger partial charge on any atom is 0.303 e. The highest BCUT2D eigenvalue weighted by Crippen LogP contribution is 2.29. The second-order valence-corrected chi connectivity index (χ2v) is 8.97. The Balaban J connectivity index is 2.16. The zero-order chi connectivity index (χ0) is 21.6. The number of aliphatic carboxylic acids is 1. The predicted octanol–water partition coefficient (Wildman–Crippen LogP) is 3.55. The van der Waals surface area contributed by atoms with E-state index in [1.807, 2.05) is 0 Å². The lowest BCUT2D eigenvalue weighted by atomic mass is 10.1. The molecule has 0 aromatic heterocycles. The minimum absolute atomic E-state index is 0.0149.